The van der Waals surface area contributed by atoms with Crippen molar-refractivity contribution in [2.75, 3.05) is 5.75 Å². The zero-order valence-corrected chi connectivity index (χ0v) is 10.8. The first kappa shape index (κ1) is 13.6. The molecule has 0 aliphatic heterocycles. The van der Waals surface area contributed by atoms with E-state index in [1.165, 1.54) is 30.2 Å². The summed E-state index contributed by atoms with van der Waals surface area (Å²) in [6.45, 7) is 0. The number of carboxylic acid groups (broad SMARTS) is 1. The molecule has 2 rings (SSSR count). The van der Waals surface area contributed by atoms with Gasteiger partial charge in [0, 0.05) is 17.1 Å². The summed E-state index contributed by atoms with van der Waals surface area (Å²) in [6, 6.07) is 5.90. The van der Waals surface area contributed by atoms with Gasteiger partial charge >= 0.3 is 5.97 Å². The monoisotopic (exact) mass is 281 g/mol. The predicted octanol–water partition coefficient (Wildman–Crippen LogP) is 3.19. The van der Waals surface area contributed by atoms with Crippen LogP contribution < -0.4 is 0 Å². The third kappa shape index (κ3) is 4.10. The van der Waals surface area contributed by atoms with Crippen LogP contribution in [0.1, 0.15) is 12.1 Å². The van der Waals surface area contributed by atoms with E-state index in [2.05, 4.69) is 4.98 Å². The van der Waals surface area contributed by atoms with E-state index in [1.807, 2.05) is 0 Å². The molecular weight excluding hydrogens is 269 g/mol. The van der Waals surface area contributed by atoms with E-state index in [0.717, 1.165) is 5.69 Å². The number of halogens is 1. The smallest absolute Gasteiger partial charge is 0.304 e. The molecule has 0 bridgehead atoms. The number of carboxylic acids is 1. The minimum absolute atomic E-state index is 0.132. The zero-order valence-electron chi connectivity index (χ0n) is 10.0. The van der Waals surface area contributed by atoms with Gasteiger partial charge in [-0.15, -0.1) is 0 Å². The second-order valence-electron chi connectivity index (χ2n) is 3.85. The van der Waals surface area contributed by atoms with Gasteiger partial charge in [-0.25, -0.2) is 9.37 Å². The van der Waals surface area contributed by atoms with Crippen LogP contribution in [0.3, 0.4) is 0 Å². The fraction of sp³-hybridized carbons (Fsp3) is 0.231. The molecule has 0 unspecified atom stereocenters. The number of hydrogen-bond acceptors (Lipinski definition) is 4. The molecule has 1 aromatic heterocycles. The van der Waals surface area contributed by atoms with Gasteiger partial charge in [0.05, 0.1) is 12.1 Å². The number of oxazole rings is 1. The van der Waals surface area contributed by atoms with Crippen LogP contribution in [0, 0.1) is 5.82 Å². The molecule has 0 atom stereocenters. The topological polar surface area (TPSA) is 63.3 Å². The summed E-state index contributed by atoms with van der Waals surface area (Å²) < 4.78 is 18.1. The van der Waals surface area contributed by atoms with Crippen LogP contribution in [0.15, 0.2) is 34.9 Å². The van der Waals surface area contributed by atoms with Gasteiger partial charge in [-0.1, -0.05) is 0 Å². The largest absolute Gasteiger partial charge is 0.481 e. The van der Waals surface area contributed by atoms with Crippen LogP contribution in [0.5, 0.6) is 0 Å². The quantitative estimate of drug-likeness (QED) is 0.824. The fourth-order valence-electron chi connectivity index (χ4n) is 1.43. The van der Waals surface area contributed by atoms with E-state index in [9.17, 15) is 9.18 Å². The molecule has 2 aromatic rings. The summed E-state index contributed by atoms with van der Waals surface area (Å²) in [6.07, 6.45) is 1.67. The van der Waals surface area contributed by atoms with Gasteiger partial charge in [-0.3, -0.25) is 4.79 Å². The number of hydrogen-bond donors (Lipinski definition) is 1. The third-order valence-electron chi connectivity index (χ3n) is 2.35. The lowest BCUT2D eigenvalue weighted by atomic mass is 10.2. The molecule has 0 fully saturated rings. The first-order valence-corrected chi connectivity index (χ1v) is 6.80. The van der Waals surface area contributed by atoms with E-state index < -0.39 is 5.97 Å². The van der Waals surface area contributed by atoms with Crippen LogP contribution in [0.25, 0.3) is 11.5 Å². The Morgan fingerprint density at radius 2 is 2.11 bits per heavy atom. The van der Waals surface area contributed by atoms with Crippen LogP contribution in [-0.4, -0.2) is 21.8 Å². The van der Waals surface area contributed by atoms with Gasteiger partial charge in [0.15, 0.2) is 0 Å². The molecule has 0 amide bonds. The lowest BCUT2D eigenvalue weighted by Crippen LogP contribution is -1.96. The number of thioether (sulfide) groups is 1. The number of rotatable bonds is 6. The molecule has 1 N–H and O–H groups in total. The van der Waals surface area contributed by atoms with Crippen molar-refractivity contribution in [1.29, 1.82) is 0 Å². The van der Waals surface area contributed by atoms with Crippen molar-refractivity contribution < 1.29 is 18.7 Å². The van der Waals surface area contributed by atoms with Gasteiger partial charge in [0.1, 0.15) is 12.1 Å². The van der Waals surface area contributed by atoms with Crippen LogP contribution in [-0.2, 0) is 10.5 Å². The standard InChI is InChI=1S/C13H12FNO3S/c14-10-3-1-9(2-4-10)13-15-11(7-18-13)8-19-6-5-12(16)17/h1-4,7H,5-6,8H2,(H,16,17). The zero-order chi connectivity index (χ0) is 13.7. The first-order chi connectivity index (χ1) is 9.15. The highest BCUT2D eigenvalue weighted by molar-refractivity contribution is 7.98. The van der Waals surface area contributed by atoms with Gasteiger partial charge in [-0.2, -0.15) is 11.8 Å². The maximum absolute atomic E-state index is 12.8. The second-order valence-corrected chi connectivity index (χ2v) is 4.95. The lowest BCUT2D eigenvalue weighted by Gasteiger charge is -1.95. The number of benzene rings is 1. The molecule has 0 spiro atoms. The van der Waals surface area contributed by atoms with Crippen molar-refractivity contribution in [2.24, 2.45) is 0 Å². The van der Waals surface area contributed by atoms with E-state index in [1.54, 1.807) is 12.1 Å². The molecule has 0 saturated heterocycles. The summed E-state index contributed by atoms with van der Waals surface area (Å²) in [4.78, 5) is 14.6. The van der Waals surface area contributed by atoms with E-state index in [4.69, 9.17) is 9.52 Å². The average molecular weight is 281 g/mol. The normalized spacial score (nSPS) is 10.6. The van der Waals surface area contributed by atoms with E-state index in [0.29, 0.717) is 23.0 Å². The molecule has 0 aliphatic rings. The first-order valence-electron chi connectivity index (χ1n) is 5.65. The molecule has 0 radical (unpaired) electrons. The van der Waals surface area contributed by atoms with Crippen molar-refractivity contribution in [3.8, 4) is 11.5 Å². The van der Waals surface area contributed by atoms with Crippen molar-refractivity contribution in [3.05, 3.63) is 42.0 Å². The lowest BCUT2D eigenvalue weighted by molar-refractivity contribution is -0.136. The maximum Gasteiger partial charge on any atom is 0.304 e. The second kappa shape index (κ2) is 6.38. The number of aliphatic carboxylic acids is 1. The van der Waals surface area contributed by atoms with Crippen molar-refractivity contribution in [2.45, 2.75) is 12.2 Å². The molecule has 19 heavy (non-hydrogen) atoms. The summed E-state index contributed by atoms with van der Waals surface area (Å²) >= 11 is 1.48. The number of nitrogens with zero attached hydrogens (tertiary/aromatic N) is 1. The minimum atomic E-state index is -0.806. The molecule has 4 nitrogen and oxygen atoms in total. The highest BCUT2D eigenvalue weighted by Crippen LogP contribution is 2.21. The Balaban J connectivity index is 1.91. The summed E-state index contributed by atoms with van der Waals surface area (Å²) in [5.74, 6) is 0.458. The van der Waals surface area contributed by atoms with E-state index >= 15 is 0 Å². The molecule has 0 aliphatic carbocycles. The number of carbonyl (C=O) groups is 1. The van der Waals surface area contributed by atoms with Crippen LogP contribution in [0.2, 0.25) is 0 Å². The van der Waals surface area contributed by atoms with Crippen molar-refractivity contribution in [1.82, 2.24) is 4.98 Å². The predicted molar refractivity (Wildman–Crippen MR) is 70.3 cm³/mol. The van der Waals surface area contributed by atoms with Crippen molar-refractivity contribution in [3.63, 3.8) is 0 Å². The van der Waals surface area contributed by atoms with Gasteiger partial charge in [-0.05, 0) is 24.3 Å². The SMILES string of the molecule is O=C(O)CCSCc1coc(-c2ccc(F)cc2)n1. The Bertz CT molecular complexity index is 553. The Morgan fingerprint density at radius 3 is 2.79 bits per heavy atom. The number of aromatic nitrogens is 1. The summed E-state index contributed by atoms with van der Waals surface area (Å²) in [7, 11) is 0. The average Bonchev–Trinajstić information content (AvgIpc) is 2.84. The summed E-state index contributed by atoms with van der Waals surface area (Å²) in [5.41, 5.74) is 1.46. The molecule has 0 saturated carbocycles. The fourth-order valence-corrected chi connectivity index (χ4v) is 2.24. The highest BCUT2D eigenvalue weighted by atomic mass is 32.2. The molecule has 1 aromatic carbocycles. The van der Waals surface area contributed by atoms with Crippen molar-refractivity contribution >= 4 is 17.7 Å². The molecular formula is C13H12FNO3S. The molecule has 100 valence electrons. The Kier molecular flexibility index (Phi) is 4.57. The van der Waals surface area contributed by atoms with Crippen LogP contribution in [0.4, 0.5) is 4.39 Å². The van der Waals surface area contributed by atoms with Crippen LogP contribution >= 0.6 is 11.8 Å². The molecule has 6 heteroatoms. The van der Waals surface area contributed by atoms with Gasteiger partial charge in [0.2, 0.25) is 5.89 Å². The third-order valence-corrected chi connectivity index (χ3v) is 3.35. The van der Waals surface area contributed by atoms with E-state index in [-0.39, 0.29) is 12.2 Å². The minimum Gasteiger partial charge on any atom is -0.481 e. The summed E-state index contributed by atoms with van der Waals surface area (Å²) in [5, 5.41) is 8.51. The van der Waals surface area contributed by atoms with Gasteiger partial charge in [0.25, 0.3) is 0 Å². The Hall–Kier alpha value is -1.82. The Labute approximate surface area is 113 Å². The molecule has 1 heterocycles. The van der Waals surface area contributed by atoms with Gasteiger partial charge < -0.3 is 9.52 Å². The Morgan fingerprint density at radius 1 is 1.37 bits per heavy atom. The maximum atomic E-state index is 12.8. The highest BCUT2D eigenvalue weighted by Gasteiger charge is 2.07.